The van der Waals surface area contributed by atoms with Gasteiger partial charge in [0.25, 0.3) is 0 Å². The Morgan fingerprint density at radius 1 is 1.56 bits per heavy atom. The molecule has 0 radical (unpaired) electrons. The maximum absolute atomic E-state index is 10.9. The zero-order valence-electron chi connectivity index (χ0n) is 9.94. The lowest BCUT2D eigenvalue weighted by Crippen LogP contribution is -1.97. The summed E-state index contributed by atoms with van der Waals surface area (Å²) in [4.78, 5) is 13.7. The monoisotopic (exact) mass is 264 g/mol. The van der Waals surface area contributed by atoms with Crippen molar-refractivity contribution >= 4 is 28.6 Å². The average molecular weight is 265 g/mol. The molecular formula is C13H13ClN2O2. The molecule has 0 atom stereocenters. The molecule has 4 nitrogen and oxygen atoms in total. The van der Waals surface area contributed by atoms with Crippen molar-refractivity contribution < 1.29 is 4.92 Å². The Morgan fingerprint density at radius 2 is 2.33 bits per heavy atom. The Labute approximate surface area is 109 Å². The first-order valence-corrected chi connectivity index (χ1v) is 6.11. The third-order valence-corrected chi connectivity index (χ3v) is 2.97. The number of halogens is 1. The molecule has 0 amide bonds. The van der Waals surface area contributed by atoms with E-state index in [-0.39, 0.29) is 10.6 Å². The number of aromatic amines is 1. The molecule has 0 saturated carbocycles. The van der Waals surface area contributed by atoms with Gasteiger partial charge in [0.1, 0.15) is 0 Å². The van der Waals surface area contributed by atoms with Gasteiger partial charge in [0.15, 0.2) is 0 Å². The van der Waals surface area contributed by atoms with Gasteiger partial charge in [0.05, 0.1) is 4.92 Å². The smallest absolute Gasteiger partial charge is 0.246 e. The normalized spacial score (nSPS) is 12.0. The lowest BCUT2D eigenvalue weighted by Gasteiger charge is -1.96. The van der Waals surface area contributed by atoms with Gasteiger partial charge in [-0.3, -0.25) is 10.1 Å². The predicted octanol–water partition coefficient (Wildman–Crippen LogP) is 4.24. The van der Waals surface area contributed by atoms with Gasteiger partial charge < -0.3 is 4.98 Å². The largest absolute Gasteiger partial charge is 0.361 e. The topological polar surface area (TPSA) is 58.9 Å². The van der Waals surface area contributed by atoms with E-state index in [4.69, 9.17) is 11.6 Å². The summed E-state index contributed by atoms with van der Waals surface area (Å²) in [5.74, 6) is 0. The van der Waals surface area contributed by atoms with E-state index in [0.29, 0.717) is 11.4 Å². The van der Waals surface area contributed by atoms with Crippen molar-refractivity contribution in [3.63, 3.8) is 0 Å². The number of allylic oxidation sites excluding steroid dienone is 1. The standard InChI is InChI=1S/C13H13ClN2O2/c1-2-3-11(16(17)18)6-9-8-15-13-5-4-10(14)7-12(9)13/h4-8,15H,2-3H2,1H3. The average Bonchev–Trinajstić information content (AvgIpc) is 2.71. The molecule has 2 rings (SSSR count). The first kappa shape index (κ1) is 12.6. The molecule has 0 aliphatic carbocycles. The maximum Gasteiger partial charge on any atom is 0.246 e. The van der Waals surface area contributed by atoms with E-state index in [1.54, 1.807) is 18.3 Å². The Kier molecular flexibility index (Phi) is 3.67. The van der Waals surface area contributed by atoms with Crippen molar-refractivity contribution in [1.82, 2.24) is 4.98 Å². The zero-order valence-corrected chi connectivity index (χ0v) is 10.7. The van der Waals surface area contributed by atoms with Crippen LogP contribution in [0.3, 0.4) is 0 Å². The van der Waals surface area contributed by atoms with Gasteiger partial charge >= 0.3 is 0 Å². The summed E-state index contributed by atoms with van der Waals surface area (Å²) >= 11 is 5.94. The second-order valence-electron chi connectivity index (χ2n) is 4.08. The SMILES string of the molecule is CCCC(=Cc1c[nH]c2ccc(Cl)cc12)[N+](=O)[O-]. The number of hydrogen-bond donors (Lipinski definition) is 1. The number of aromatic nitrogens is 1. The quantitative estimate of drug-likeness (QED) is 0.663. The molecule has 94 valence electrons. The molecule has 0 fully saturated rings. The molecule has 1 heterocycles. The van der Waals surface area contributed by atoms with E-state index >= 15 is 0 Å². The Morgan fingerprint density at radius 3 is 3.00 bits per heavy atom. The third kappa shape index (κ3) is 2.54. The van der Waals surface area contributed by atoms with Crippen molar-refractivity contribution in [2.24, 2.45) is 0 Å². The van der Waals surface area contributed by atoms with Crippen LogP contribution in [0.15, 0.2) is 30.1 Å². The summed E-state index contributed by atoms with van der Waals surface area (Å²) in [6, 6.07) is 5.46. The van der Waals surface area contributed by atoms with Crippen LogP contribution in [-0.2, 0) is 0 Å². The Balaban J connectivity index is 2.50. The lowest BCUT2D eigenvalue weighted by molar-refractivity contribution is -0.426. The lowest BCUT2D eigenvalue weighted by atomic mass is 10.1. The highest BCUT2D eigenvalue weighted by atomic mass is 35.5. The molecule has 0 aliphatic rings. The van der Waals surface area contributed by atoms with Crippen LogP contribution in [0.25, 0.3) is 17.0 Å². The molecule has 0 aliphatic heterocycles. The predicted molar refractivity (Wildman–Crippen MR) is 73.2 cm³/mol. The number of nitrogens with zero attached hydrogens (tertiary/aromatic N) is 1. The fourth-order valence-corrected chi connectivity index (χ4v) is 2.06. The first-order valence-electron chi connectivity index (χ1n) is 5.73. The van der Waals surface area contributed by atoms with Crippen LogP contribution in [0.2, 0.25) is 5.02 Å². The van der Waals surface area contributed by atoms with Crippen molar-refractivity contribution in [3.8, 4) is 0 Å². The van der Waals surface area contributed by atoms with Crippen molar-refractivity contribution in [3.05, 3.63) is 50.8 Å². The minimum atomic E-state index is -0.327. The molecule has 1 aromatic carbocycles. The van der Waals surface area contributed by atoms with Crippen molar-refractivity contribution in [1.29, 1.82) is 0 Å². The zero-order chi connectivity index (χ0) is 13.1. The van der Waals surface area contributed by atoms with Crippen molar-refractivity contribution in [2.45, 2.75) is 19.8 Å². The second kappa shape index (κ2) is 5.23. The summed E-state index contributed by atoms with van der Waals surface area (Å²) < 4.78 is 0. The maximum atomic E-state index is 10.9. The first-order chi connectivity index (χ1) is 8.61. The van der Waals surface area contributed by atoms with Crippen molar-refractivity contribution in [2.75, 3.05) is 0 Å². The highest BCUT2D eigenvalue weighted by Gasteiger charge is 2.11. The Hall–Kier alpha value is -1.81. The van der Waals surface area contributed by atoms with Gasteiger partial charge in [-0.1, -0.05) is 18.5 Å². The van der Waals surface area contributed by atoms with E-state index in [1.807, 2.05) is 19.1 Å². The summed E-state index contributed by atoms with van der Waals surface area (Å²) in [6.07, 6.45) is 4.58. The minimum absolute atomic E-state index is 0.221. The van der Waals surface area contributed by atoms with Gasteiger partial charge in [0, 0.05) is 40.2 Å². The number of hydrogen-bond acceptors (Lipinski definition) is 2. The van der Waals surface area contributed by atoms with Gasteiger partial charge in [-0.25, -0.2) is 0 Å². The van der Waals surface area contributed by atoms with E-state index in [2.05, 4.69) is 4.98 Å². The van der Waals surface area contributed by atoms with Crippen LogP contribution in [-0.4, -0.2) is 9.91 Å². The van der Waals surface area contributed by atoms with Crippen LogP contribution in [0.1, 0.15) is 25.3 Å². The van der Waals surface area contributed by atoms with Crippen LogP contribution in [0, 0.1) is 10.1 Å². The van der Waals surface area contributed by atoms with E-state index in [0.717, 1.165) is 22.9 Å². The number of fused-ring (bicyclic) bond motifs is 1. The van der Waals surface area contributed by atoms with E-state index in [9.17, 15) is 10.1 Å². The summed E-state index contributed by atoms with van der Waals surface area (Å²) in [7, 11) is 0. The molecule has 0 unspecified atom stereocenters. The number of benzene rings is 1. The second-order valence-corrected chi connectivity index (χ2v) is 4.51. The minimum Gasteiger partial charge on any atom is -0.361 e. The van der Waals surface area contributed by atoms with Crippen LogP contribution >= 0.6 is 11.6 Å². The van der Waals surface area contributed by atoms with Crippen LogP contribution in [0.5, 0.6) is 0 Å². The molecule has 18 heavy (non-hydrogen) atoms. The molecule has 2 aromatic rings. The molecule has 1 aromatic heterocycles. The molecule has 0 bridgehead atoms. The molecule has 0 spiro atoms. The molecular weight excluding hydrogens is 252 g/mol. The highest BCUT2D eigenvalue weighted by Crippen LogP contribution is 2.25. The number of rotatable bonds is 4. The van der Waals surface area contributed by atoms with Gasteiger partial charge in [-0.2, -0.15) is 0 Å². The molecule has 1 N–H and O–H groups in total. The fraction of sp³-hybridized carbons (Fsp3) is 0.231. The number of nitrogens with one attached hydrogen (secondary N) is 1. The van der Waals surface area contributed by atoms with E-state index < -0.39 is 0 Å². The van der Waals surface area contributed by atoms with Gasteiger partial charge in [-0.05, 0) is 24.6 Å². The van der Waals surface area contributed by atoms with Gasteiger partial charge in [-0.15, -0.1) is 0 Å². The van der Waals surface area contributed by atoms with Crippen LogP contribution < -0.4 is 0 Å². The molecule has 0 saturated heterocycles. The van der Waals surface area contributed by atoms with Crippen LogP contribution in [0.4, 0.5) is 0 Å². The summed E-state index contributed by atoms with van der Waals surface area (Å²) in [5, 5.41) is 12.4. The fourth-order valence-electron chi connectivity index (χ4n) is 1.89. The summed E-state index contributed by atoms with van der Waals surface area (Å²) in [5.41, 5.74) is 1.94. The number of nitro groups is 1. The number of H-pyrrole nitrogens is 1. The van der Waals surface area contributed by atoms with Gasteiger partial charge in [0.2, 0.25) is 5.70 Å². The third-order valence-electron chi connectivity index (χ3n) is 2.74. The Bertz CT molecular complexity index is 616. The summed E-state index contributed by atoms with van der Waals surface area (Å²) in [6.45, 7) is 1.92. The highest BCUT2D eigenvalue weighted by molar-refractivity contribution is 6.31. The molecule has 5 heteroatoms. The van der Waals surface area contributed by atoms with E-state index in [1.165, 1.54) is 0 Å².